The number of carbonyl (C=O) groups is 1. The number of rotatable bonds is 4. The largest absolute Gasteiger partial charge is 0.478 e. The maximum atomic E-state index is 13.7. The number of halogens is 1. The smallest absolute Gasteiger partial charge is 0.335 e. The van der Waals surface area contributed by atoms with Gasteiger partial charge in [-0.25, -0.2) is 9.18 Å². The van der Waals surface area contributed by atoms with E-state index in [4.69, 9.17) is 9.84 Å². The molecule has 1 aliphatic carbocycles. The van der Waals surface area contributed by atoms with Gasteiger partial charge in [0, 0.05) is 5.56 Å². The predicted octanol–water partition coefficient (Wildman–Crippen LogP) is 3.62. The van der Waals surface area contributed by atoms with Crippen molar-refractivity contribution in [2.45, 2.75) is 45.3 Å². The minimum atomic E-state index is -1.12. The first-order valence-corrected chi connectivity index (χ1v) is 6.71. The molecular formula is C15H19FO3. The Morgan fingerprint density at radius 3 is 2.79 bits per heavy atom. The third kappa shape index (κ3) is 3.53. The van der Waals surface area contributed by atoms with Crippen LogP contribution < -0.4 is 0 Å². The van der Waals surface area contributed by atoms with Crippen LogP contribution >= 0.6 is 0 Å². The number of carboxylic acids is 1. The van der Waals surface area contributed by atoms with Crippen LogP contribution in [-0.4, -0.2) is 17.2 Å². The SMILES string of the molecule is CC1CCCCC1OCc1ccc(C(=O)O)cc1F. The molecule has 0 spiro atoms. The van der Waals surface area contributed by atoms with Crippen molar-refractivity contribution < 1.29 is 19.0 Å². The lowest BCUT2D eigenvalue weighted by atomic mass is 9.88. The number of carboxylic acid groups (broad SMARTS) is 1. The van der Waals surface area contributed by atoms with Crippen LogP contribution in [0, 0.1) is 11.7 Å². The molecular weight excluding hydrogens is 247 g/mol. The van der Waals surface area contributed by atoms with Crippen molar-refractivity contribution in [1.29, 1.82) is 0 Å². The minimum absolute atomic E-state index is 0.0349. The molecule has 1 saturated carbocycles. The first-order chi connectivity index (χ1) is 9.08. The van der Waals surface area contributed by atoms with Crippen LogP contribution in [0.3, 0.4) is 0 Å². The number of aromatic carboxylic acids is 1. The second-order valence-corrected chi connectivity index (χ2v) is 5.22. The monoisotopic (exact) mass is 266 g/mol. The highest BCUT2D eigenvalue weighted by molar-refractivity contribution is 5.87. The molecule has 1 aromatic carbocycles. The van der Waals surface area contributed by atoms with Gasteiger partial charge in [0.2, 0.25) is 0 Å². The van der Waals surface area contributed by atoms with Gasteiger partial charge in [0.25, 0.3) is 0 Å². The highest BCUT2D eigenvalue weighted by Crippen LogP contribution is 2.27. The molecule has 0 aliphatic heterocycles. The molecule has 1 N–H and O–H groups in total. The molecule has 2 rings (SSSR count). The third-order valence-corrected chi connectivity index (χ3v) is 3.79. The van der Waals surface area contributed by atoms with Crippen molar-refractivity contribution in [2.75, 3.05) is 0 Å². The Kier molecular flexibility index (Phi) is 4.53. The summed E-state index contributed by atoms with van der Waals surface area (Å²) >= 11 is 0. The summed E-state index contributed by atoms with van der Waals surface area (Å²) in [6.07, 6.45) is 4.77. The zero-order chi connectivity index (χ0) is 13.8. The van der Waals surface area contributed by atoms with Crippen LogP contribution in [0.4, 0.5) is 4.39 Å². The van der Waals surface area contributed by atoms with E-state index in [9.17, 15) is 9.18 Å². The summed E-state index contributed by atoms with van der Waals surface area (Å²) in [5, 5.41) is 8.77. The molecule has 4 heteroatoms. The molecule has 0 aromatic heterocycles. The molecule has 1 aliphatic rings. The first-order valence-electron chi connectivity index (χ1n) is 6.71. The summed E-state index contributed by atoms with van der Waals surface area (Å²) in [5.41, 5.74) is 0.384. The topological polar surface area (TPSA) is 46.5 Å². The van der Waals surface area contributed by atoms with Gasteiger partial charge in [-0.3, -0.25) is 0 Å². The van der Waals surface area contributed by atoms with Gasteiger partial charge < -0.3 is 9.84 Å². The van der Waals surface area contributed by atoms with E-state index in [0.29, 0.717) is 11.5 Å². The Bertz CT molecular complexity index is 459. The molecule has 0 amide bonds. The van der Waals surface area contributed by atoms with Crippen LogP contribution in [0.5, 0.6) is 0 Å². The van der Waals surface area contributed by atoms with Gasteiger partial charge in [-0.05, 0) is 30.9 Å². The van der Waals surface area contributed by atoms with Gasteiger partial charge in [-0.15, -0.1) is 0 Å². The summed E-state index contributed by atoms with van der Waals surface area (Å²) in [6, 6.07) is 3.95. The number of hydrogen-bond donors (Lipinski definition) is 1. The molecule has 0 saturated heterocycles. The summed E-state index contributed by atoms with van der Waals surface area (Å²) in [7, 11) is 0. The molecule has 1 fully saturated rings. The second-order valence-electron chi connectivity index (χ2n) is 5.22. The molecule has 0 bridgehead atoms. The molecule has 0 radical (unpaired) electrons. The van der Waals surface area contributed by atoms with Crippen molar-refractivity contribution >= 4 is 5.97 Å². The van der Waals surface area contributed by atoms with Crippen molar-refractivity contribution in [3.63, 3.8) is 0 Å². The predicted molar refractivity (Wildman–Crippen MR) is 69.6 cm³/mol. The number of benzene rings is 1. The molecule has 1 aromatic rings. The summed E-state index contributed by atoms with van der Waals surface area (Å²) in [5.74, 6) is -1.12. The molecule has 19 heavy (non-hydrogen) atoms. The third-order valence-electron chi connectivity index (χ3n) is 3.79. The number of ether oxygens (including phenoxy) is 1. The summed E-state index contributed by atoms with van der Waals surface area (Å²) in [6.45, 7) is 2.37. The van der Waals surface area contributed by atoms with Crippen molar-refractivity contribution in [3.8, 4) is 0 Å². The highest BCUT2D eigenvalue weighted by Gasteiger charge is 2.22. The fourth-order valence-corrected chi connectivity index (χ4v) is 2.52. The highest BCUT2D eigenvalue weighted by atomic mass is 19.1. The Hall–Kier alpha value is -1.42. The van der Waals surface area contributed by atoms with Crippen molar-refractivity contribution in [2.24, 2.45) is 5.92 Å². The first kappa shape index (κ1) is 14.0. The van der Waals surface area contributed by atoms with Gasteiger partial charge >= 0.3 is 5.97 Å². The lowest BCUT2D eigenvalue weighted by Crippen LogP contribution is -2.25. The van der Waals surface area contributed by atoms with Crippen LogP contribution in [0.15, 0.2) is 18.2 Å². The minimum Gasteiger partial charge on any atom is -0.478 e. The van der Waals surface area contributed by atoms with Gasteiger partial charge in [0.15, 0.2) is 0 Å². The Balaban J connectivity index is 1.97. The van der Waals surface area contributed by atoms with Crippen LogP contribution in [0.25, 0.3) is 0 Å². The average Bonchev–Trinajstić information content (AvgIpc) is 2.39. The molecule has 3 nitrogen and oxygen atoms in total. The van der Waals surface area contributed by atoms with E-state index in [1.165, 1.54) is 18.6 Å². The average molecular weight is 266 g/mol. The van der Waals surface area contributed by atoms with E-state index >= 15 is 0 Å². The van der Waals surface area contributed by atoms with Gasteiger partial charge in [0.1, 0.15) is 5.82 Å². The van der Waals surface area contributed by atoms with Crippen molar-refractivity contribution in [1.82, 2.24) is 0 Å². The molecule has 0 heterocycles. The van der Waals surface area contributed by atoms with E-state index < -0.39 is 11.8 Å². The van der Waals surface area contributed by atoms with Gasteiger partial charge in [-0.1, -0.05) is 25.8 Å². The Morgan fingerprint density at radius 1 is 1.42 bits per heavy atom. The number of hydrogen-bond acceptors (Lipinski definition) is 2. The van der Waals surface area contributed by atoms with Crippen molar-refractivity contribution in [3.05, 3.63) is 35.1 Å². The van der Waals surface area contributed by atoms with Gasteiger partial charge in [0.05, 0.1) is 18.3 Å². The quantitative estimate of drug-likeness (QED) is 0.905. The standard InChI is InChI=1S/C15H19FO3/c1-10-4-2-3-5-14(10)19-9-12-7-6-11(15(17)18)8-13(12)16/h6-8,10,14H,2-5,9H2,1H3,(H,17,18). The van der Waals surface area contributed by atoms with E-state index in [0.717, 1.165) is 25.3 Å². The zero-order valence-corrected chi connectivity index (χ0v) is 11.1. The maximum absolute atomic E-state index is 13.7. The lowest BCUT2D eigenvalue weighted by Gasteiger charge is -2.28. The molecule has 104 valence electrons. The van der Waals surface area contributed by atoms with E-state index in [2.05, 4.69) is 6.92 Å². The van der Waals surface area contributed by atoms with E-state index in [1.54, 1.807) is 0 Å². The van der Waals surface area contributed by atoms with Crippen LogP contribution in [0.2, 0.25) is 0 Å². The van der Waals surface area contributed by atoms with E-state index in [1.807, 2.05) is 0 Å². The van der Waals surface area contributed by atoms with E-state index in [-0.39, 0.29) is 18.3 Å². The fourth-order valence-electron chi connectivity index (χ4n) is 2.52. The second kappa shape index (κ2) is 6.15. The molecule has 2 unspecified atom stereocenters. The Morgan fingerprint density at radius 2 is 2.16 bits per heavy atom. The van der Waals surface area contributed by atoms with Crippen LogP contribution in [-0.2, 0) is 11.3 Å². The zero-order valence-electron chi connectivity index (χ0n) is 11.1. The van der Waals surface area contributed by atoms with Crippen LogP contribution in [0.1, 0.15) is 48.5 Å². The van der Waals surface area contributed by atoms with Gasteiger partial charge in [-0.2, -0.15) is 0 Å². The maximum Gasteiger partial charge on any atom is 0.335 e. The fraction of sp³-hybridized carbons (Fsp3) is 0.533. The Labute approximate surface area is 112 Å². The lowest BCUT2D eigenvalue weighted by molar-refractivity contribution is -0.0164. The summed E-state index contributed by atoms with van der Waals surface area (Å²) < 4.78 is 19.5. The summed E-state index contributed by atoms with van der Waals surface area (Å²) in [4.78, 5) is 10.7. The normalized spacial score (nSPS) is 23.3. The molecule has 2 atom stereocenters.